The van der Waals surface area contributed by atoms with Crippen molar-refractivity contribution in [2.24, 2.45) is 0 Å². The molecular formula is C39H33N3O8. The van der Waals surface area contributed by atoms with Crippen LogP contribution < -0.4 is 20.3 Å². The lowest BCUT2D eigenvalue weighted by atomic mass is 10.1. The zero-order valence-corrected chi connectivity index (χ0v) is 27.0. The van der Waals surface area contributed by atoms with Gasteiger partial charge in [-0.25, -0.2) is 4.68 Å². The minimum Gasteiger partial charge on any atom is -0.491 e. The summed E-state index contributed by atoms with van der Waals surface area (Å²) in [5, 5.41) is 9.33. The molecule has 7 rings (SSSR count). The summed E-state index contributed by atoms with van der Waals surface area (Å²) in [7, 11) is 0. The van der Waals surface area contributed by atoms with Crippen molar-refractivity contribution in [3.63, 3.8) is 0 Å². The van der Waals surface area contributed by atoms with Crippen molar-refractivity contribution < 1.29 is 27.8 Å². The molecule has 0 spiro atoms. The molecule has 0 fully saturated rings. The average Bonchev–Trinajstić information content (AvgIpc) is 3.61. The highest BCUT2D eigenvalue weighted by Crippen LogP contribution is 2.26. The van der Waals surface area contributed by atoms with E-state index in [9.17, 15) is 9.59 Å². The topological polar surface area (TPSA) is 128 Å². The molecule has 3 heterocycles. The van der Waals surface area contributed by atoms with Crippen LogP contribution in [0.3, 0.4) is 0 Å². The molecule has 11 heteroatoms. The van der Waals surface area contributed by atoms with E-state index >= 15 is 0 Å². The normalized spacial score (nSPS) is 11.3. The number of hydrogen-bond acceptors (Lipinski definition) is 10. The fourth-order valence-corrected chi connectivity index (χ4v) is 5.32. The molecule has 0 saturated heterocycles. The van der Waals surface area contributed by atoms with Gasteiger partial charge in [0.1, 0.15) is 53.1 Å². The summed E-state index contributed by atoms with van der Waals surface area (Å²) in [6.07, 6.45) is 1.82. The molecule has 0 N–H and O–H groups in total. The summed E-state index contributed by atoms with van der Waals surface area (Å²) >= 11 is 0. The van der Waals surface area contributed by atoms with Gasteiger partial charge >= 0.3 is 0 Å². The predicted molar refractivity (Wildman–Crippen MR) is 187 cm³/mol. The molecule has 0 radical (unpaired) electrons. The van der Waals surface area contributed by atoms with Gasteiger partial charge in [-0.05, 0) is 48.5 Å². The van der Waals surface area contributed by atoms with Crippen molar-refractivity contribution in [2.45, 2.75) is 13.2 Å². The highest BCUT2D eigenvalue weighted by molar-refractivity contribution is 5.80. The van der Waals surface area contributed by atoms with Crippen molar-refractivity contribution in [1.29, 1.82) is 0 Å². The first-order chi connectivity index (χ1) is 24.6. The third-order valence-corrected chi connectivity index (χ3v) is 7.83. The molecule has 0 atom stereocenters. The standard InChI is InChI=1S/C39H33N3O8/c43-34-23-38(49-36-9-5-4-8-32(34)36)28-10-12-30(13-11-28)47-20-18-45-17-16-42-25-29(40-41-42)26-46-19-21-48-31-14-15-33-35(44)24-37(50-39(33)22-31)27-6-2-1-3-7-27/h1-15,22-25H,16-21,26H2. The molecule has 0 aliphatic rings. The molecule has 3 aromatic heterocycles. The number of ether oxygens (including phenoxy) is 4. The first-order valence-corrected chi connectivity index (χ1v) is 16.2. The number of benzene rings is 4. The Kier molecular flexibility index (Phi) is 10.0. The summed E-state index contributed by atoms with van der Waals surface area (Å²) in [6.45, 7) is 2.70. The van der Waals surface area contributed by atoms with Gasteiger partial charge < -0.3 is 27.8 Å². The Hall–Kier alpha value is -6.04. The number of para-hydroxylation sites is 1. The summed E-state index contributed by atoms with van der Waals surface area (Å²) in [4.78, 5) is 25.0. The molecule has 0 saturated carbocycles. The average molecular weight is 672 g/mol. The molecule has 0 bridgehead atoms. The van der Waals surface area contributed by atoms with Gasteiger partial charge in [0.15, 0.2) is 10.9 Å². The van der Waals surface area contributed by atoms with Crippen LogP contribution in [-0.2, 0) is 22.6 Å². The molecule has 50 heavy (non-hydrogen) atoms. The zero-order valence-electron chi connectivity index (χ0n) is 27.0. The van der Waals surface area contributed by atoms with Gasteiger partial charge in [-0.15, -0.1) is 5.10 Å². The largest absolute Gasteiger partial charge is 0.491 e. The van der Waals surface area contributed by atoms with E-state index in [4.69, 9.17) is 27.8 Å². The summed E-state index contributed by atoms with van der Waals surface area (Å²) in [5.74, 6) is 2.29. The maximum Gasteiger partial charge on any atom is 0.193 e. The number of rotatable bonds is 15. The first-order valence-electron chi connectivity index (χ1n) is 16.2. The second-order valence-electron chi connectivity index (χ2n) is 11.3. The molecule has 4 aromatic carbocycles. The van der Waals surface area contributed by atoms with E-state index in [0.717, 1.165) is 11.1 Å². The van der Waals surface area contributed by atoms with Crippen molar-refractivity contribution in [3.05, 3.63) is 142 Å². The minimum absolute atomic E-state index is 0.0770. The van der Waals surface area contributed by atoms with Crippen LogP contribution in [0.4, 0.5) is 0 Å². The smallest absolute Gasteiger partial charge is 0.193 e. The molecule has 0 unspecified atom stereocenters. The molecule has 0 aliphatic carbocycles. The van der Waals surface area contributed by atoms with Gasteiger partial charge in [0.25, 0.3) is 0 Å². The van der Waals surface area contributed by atoms with E-state index < -0.39 is 0 Å². The highest BCUT2D eigenvalue weighted by atomic mass is 16.5. The second-order valence-corrected chi connectivity index (χ2v) is 11.3. The molecule has 0 amide bonds. The SMILES string of the molecule is O=c1cc(-c2ccc(OCCOCCn3cc(COCCOc4ccc5c(=O)cc(-c6ccccc6)oc5c4)nn3)cc2)oc2ccccc12. The number of aromatic nitrogens is 3. The van der Waals surface area contributed by atoms with Crippen LogP contribution in [0, 0.1) is 0 Å². The maximum absolute atomic E-state index is 12.6. The van der Waals surface area contributed by atoms with Gasteiger partial charge in [-0.1, -0.05) is 47.7 Å². The summed E-state index contributed by atoms with van der Waals surface area (Å²) in [6, 6.07) is 32.3. The van der Waals surface area contributed by atoms with E-state index in [1.807, 2.05) is 72.9 Å². The van der Waals surface area contributed by atoms with Gasteiger partial charge in [0.05, 0.1) is 49.9 Å². The Bertz CT molecular complexity index is 2310. The minimum atomic E-state index is -0.108. The van der Waals surface area contributed by atoms with Gasteiger partial charge in [0.2, 0.25) is 0 Å². The van der Waals surface area contributed by atoms with Crippen LogP contribution in [0.25, 0.3) is 44.6 Å². The van der Waals surface area contributed by atoms with Crippen LogP contribution in [-0.4, -0.2) is 48.0 Å². The van der Waals surface area contributed by atoms with Crippen LogP contribution in [0.5, 0.6) is 11.5 Å². The molecule has 0 aliphatic heterocycles. The Morgan fingerprint density at radius 3 is 2.02 bits per heavy atom. The van der Waals surface area contributed by atoms with Crippen LogP contribution >= 0.6 is 0 Å². The van der Waals surface area contributed by atoms with Crippen molar-refractivity contribution >= 4 is 21.9 Å². The Balaban J connectivity index is 0.788. The third kappa shape index (κ3) is 7.97. The quantitative estimate of drug-likeness (QED) is 0.111. The molecule has 252 valence electrons. The molecule has 7 aromatic rings. The second kappa shape index (κ2) is 15.5. The fraction of sp³-hybridized carbons (Fsp3) is 0.179. The summed E-state index contributed by atoms with van der Waals surface area (Å²) in [5.41, 5.74) is 3.15. The van der Waals surface area contributed by atoms with E-state index in [1.54, 1.807) is 35.0 Å². The van der Waals surface area contributed by atoms with Gasteiger partial charge in [-0.3, -0.25) is 9.59 Å². The Labute approximate surface area is 286 Å². The number of fused-ring (bicyclic) bond motifs is 2. The highest BCUT2D eigenvalue weighted by Gasteiger charge is 2.10. The number of nitrogens with zero attached hydrogens (tertiary/aromatic N) is 3. The van der Waals surface area contributed by atoms with Crippen molar-refractivity contribution in [1.82, 2.24) is 15.0 Å². The van der Waals surface area contributed by atoms with Crippen LogP contribution in [0.15, 0.2) is 134 Å². The molecule has 11 nitrogen and oxygen atoms in total. The van der Waals surface area contributed by atoms with E-state index in [2.05, 4.69) is 10.3 Å². The van der Waals surface area contributed by atoms with Gasteiger partial charge in [-0.2, -0.15) is 0 Å². The van der Waals surface area contributed by atoms with Gasteiger partial charge in [0, 0.05) is 29.3 Å². The molecular weight excluding hydrogens is 638 g/mol. The lowest BCUT2D eigenvalue weighted by Gasteiger charge is -2.08. The number of hydrogen-bond donors (Lipinski definition) is 0. The lowest BCUT2D eigenvalue weighted by Crippen LogP contribution is -2.11. The predicted octanol–water partition coefficient (Wildman–Crippen LogP) is 6.52. The Morgan fingerprint density at radius 1 is 0.580 bits per heavy atom. The van der Waals surface area contributed by atoms with Crippen LogP contribution in [0.1, 0.15) is 5.69 Å². The monoisotopic (exact) mass is 671 g/mol. The zero-order chi connectivity index (χ0) is 34.1. The van der Waals surface area contributed by atoms with E-state index in [1.165, 1.54) is 12.1 Å². The lowest BCUT2D eigenvalue weighted by molar-refractivity contribution is 0.0867. The van der Waals surface area contributed by atoms with Crippen molar-refractivity contribution in [3.8, 4) is 34.1 Å². The van der Waals surface area contributed by atoms with E-state index in [0.29, 0.717) is 90.2 Å². The first kappa shape index (κ1) is 32.5. The van der Waals surface area contributed by atoms with Crippen LogP contribution in [0.2, 0.25) is 0 Å². The van der Waals surface area contributed by atoms with E-state index in [-0.39, 0.29) is 17.5 Å². The van der Waals surface area contributed by atoms with Crippen molar-refractivity contribution in [2.75, 3.05) is 33.0 Å². The fourth-order valence-electron chi connectivity index (χ4n) is 5.32. The summed E-state index contributed by atoms with van der Waals surface area (Å²) < 4.78 is 36.6. The third-order valence-electron chi connectivity index (χ3n) is 7.83. The maximum atomic E-state index is 12.6. The Morgan fingerprint density at radius 2 is 1.22 bits per heavy atom.